The predicted molar refractivity (Wildman–Crippen MR) is 242 cm³/mol. The summed E-state index contributed by atoms with van der Waals surface area (Å²) in [4.78, 5) is 15.2. The van der Waals surface area contributed by atoms with Crippen molar-refractivity contribution in [3.05, 3.63) is 182 Å². The summed E-state index contributed by atoms with van der Waals surface area (Å²) in [5.74, 6) is 1.99. The lowest BCUT2D eigenvalue weighted by atomic mass is 9.97. The van der Waals surface area contributed by atoms with Crippen molar-refractivity contribution in [3.8, 4) is 51.0 Å². The van der Waals surface area contributed by atoms with Gasteiger partial charge in [0.05, 0.1) is 21.4 Å². The van der Waals surface area contributed by atoms with Crippen molar-refractivity contribution < 1.29 is 0 Å². The van der Waals surface area contributed by atoms with E-state index in [1.54, 1.807) is 0 Å². The number of aromatic nitrogens is 4. The van der Waals surface area contributed by atoms with Crippen molar-refractivity contribution >= 4 is 84.8 Å². The molecule has 266 valence electrons. The summed E-state index contributed by atoms with van der Waals surface area (Å²) in [6.45, 7) is 0. The van der Waals surface area contributed by atoms with Crippen LogP contribution in [0.15, 0.2) is 182 Å². The highest BCUT2D eigenvalue weighted by molar-refractivity contribution is 7.26. The van der Waals surface area contributed by atoms with Crippen molar-refractivity contribution in [3.63, 3.8) is 0 Å². The molecule has 4 aromatic heterocycles. The van der Waals surface area contributed by atoms with Gasteiger partial charge in [-0.2, -0.15) is 0 Å². The molecule has 0 aliphatic carbocycles. The molecule has 4 nitrogen and oxygen atoms in total. The molecule has 12 aromatic rings. The van der Waals surface area contributed by atoms with Crippen LogP contribution in [0.2, 0.25) is 0 Å². The van der Waals surface area contributed by atoms with Gasteiger partial charge >= 0.3 is 0 Å². The Labute approximate surface area is 335 Å². The van der Waals surface area contributed by atoms with Crippen molar-refractivity contribution in [2.45, 2.75) is 0 Å². The molecule has 0 unspecified atom stereocenters. The van der Waals surface area contributed by atoms with Gasteiger partial charge in [-0.3, -0.25) is 0 Å². The molecule has 0 fully saturated rings. The first kappa shape index (κ1) is 32.3. The molecule has 0 aliphatic rings. The zero-order valence-electron chi connectivity index (χ0n) is 30.4. The van der Waals surface area contributed by atoms with E-state index in [1.165, 1.54) is 79.0 Å². The van der Waals surface area contributed by atoms with Crippen LogP contribution in [-0.2, 0) is 0 Å². The highest BCUT2D eigenvalue weighted by Gasteiger charge is 2.20. The van der Waals surface area contributed by atoms with E-state index >= 15 is 0 Å². The lowest BCUT2D eigenvalue weighted by Crippen LogP contribution is -2.00. The minimum Gasteiger partial charge on any atom is -0.308 e. The van der Waals surface area contributed by atoms with E-state index in [1.807, 2.05) is 59.1 Å². The summed E-state index contributed by atoms with van der Waals surface area (Å²) in [5, 5.41) is 7.47. The largest absolute Gasteiger partial charge is 0.308 e. The lowest BCUT2D eigenvalue weighted by Gasteiger charge is -2.10. The minimum absolute atomic E-state index is 0.660. The van der Waals surface area contributed by atoms with E-state index in [4.69, 9.17) is 15.0 Å². The first-order valence-electron chi connectivity index (χ1n) is 19.0. The van der Waals surface area contributed by atoms with Gasteiger partial charge < -0.3 is 4.57 Å². The van der Waals surface area contributed by atoms with Crippen LogP contribution < -0.4 is 0 Å². The second kappa shape index (κ2) is 12.8. The molecule has 57 heavy (non-hydrogen) atoms. The van der Waals surface area contributed by atoms with Crippen LogP contribution in [0.25, 0.3) is 113 Å². The molecular weight excluding hydrogens is 733 g/mol. The highest BCUT2D eigenvalue weighted by Crippen LogP contribution is 2.46. The van der Waals surface area contributed by atoms with Crippen molar-refractivity contribution in [1.29, 1.82) is 0 Å². The summed E-state index contributed by atoms with van der Waals surface area (Å²) < 4.78 is 7.45. The first-order chi connectivity index (χ1) is 28.3. The van der Waals surface area contributed by atoms with Gasteiger partial charge in [-0.1, -0.05) is 140 Å². The van der Waals surface area contributed by atoms with E-state index in [0.717, 1.165) is 16.7 Å². The molecule has 4 heterocycles. The molecule has 0 aliphatic heterocycles. The van der Waals surface area contributed by atoms with E-state index in [9.17, 15) is 0 Å². The third-order valence-electron chi connectivity index (χ3n) is 11.1. The monoisotopic (exact) mass is 762 g/mol. The Morgan fingerprint density at radius 1 is 0.351 bits per heavy atom. The van der Waals surface area contributed by atoms with Crippen LogP contribution in [0.1, 0.15) is 0 Å². The maximum atomic E-state index is 5.13. The third-order valence-corrected chi connectivity index (χ3v) is 13.4. The van der Waals surface area contributed by atoms with E-state index < -0.39 is 0 Å². The molecule has 0 saturated heterocycles. The number of hydrogen-bond acceptors (Lipinski definition) is 5. The van der Waals surface area contributed by atoms with Crippen molar-refractivity contribution in [1.82, 2.24) is 19.5 Å². The standard InChI is InChI=1S/C51H30N4S2/c1-3-14-31(15-4-1)49-52-50(32-16-5-2-6-17-32)54-51(53-49)38-22-13-26-44-47(38)39-30-33(28-29-43(39)56-44)34-20-12-27-45-46(34)37-21-11-25-42(48(37)57-45)55-40-23-9-7-18-35(40)36-19-8-10-24-41(36)55/h1-30H. The van der Waals surface area contributed by atoms with E-state index in [-0.39, 0.29) is 0 Å². The fourth-order valence-electron chi connectivity index (χ4n) is 8.54. The smallest absolute Gasteiger partial charge is 0.164 e. The van der Waals surface area contributed by atoms with E-state index in [0.29, 0.717) is 17.5 Å². The normalized spacial score (nSPS) is 11.9. The number of benzene rings is 8. The average molecular weight is 763 g/mol. The van der Waals surface area contributed by atoms with Crippen LogP contribution in [-0.4, -0.2) is 19.5 Å². The van der Waals surface area contributed by atoms with Gasteiger partial charge in [-0.15, -0.1) is 22.7 Å². The summed E-state index contributed by atoms with van der Waals surface area (Å²) in [7, 11) is 0. The molecular formula is C51H30N4S2. The second-order valence-electron chi connectivity index (χ2n) is 14.3. The maximum Gasteiger partial charge on any atom is 0.164 e. The number of fused-ring (bicyclic) bond motifs is 9. The summed E-state index contributed by atoms with van der Waals surface area (Å²) in [6, 6.07) is 64.8. The number of nitrogens with zero attached hydrogens (tertiary/aromatic N) is 4. The fraction of sp³-hybridized carbons (Fsp3) is 0. The number of hydrogen-bond donors (Lipinski definition) is 0. The molecule has 0 spiro atoms. The second-order valence-corrected chi connectivity index (χ2v) is 16.5. The molecule has 0 amide bonds. The molecule has 0 atom stereocenters. The number of rotatable bonds is 5. The van der Waals surface area contributed by atoms with Crippen molar-refractivity contribution in [2.75, 3.05) is 0 Å². The van der Waals surface area contributed by atoms with Crippen LogP contribution in [0.4, 0.5) is 0 Å². The summed E-state index contributed by atoms with van der Waals surface area (Å²) >= 11 is 3.69. The summed E-state index contributed by atoms with van der Waals surface area (Å²) in [6.07, 6.45) is 0. The Kier molecular flexibility index (Phi) is 7.24. The predicted octanol–water partition coefficient (Wildman–Crippen LogP) is 14.4. The van der Waals surface area contributed by atoms with Crippen LogP contribution in [0, 0.1) is 0 Å². The molecule has 12 rings (SSSR count). The molecule has 6 heteroatoms. The Morgan fingerprint density at radius 2 is 0.895 bits per heavy atom. The lowest BCUT2D eigenvalue weighted by molar-refractivity contribution is 1.08. The number of para-hydroxylation sites is 2. The van der Waals surface area contributed by atoms with Gasteiger partial charge in [0.25, 0.3) is 0 Å². The minimum atomic E-state index is 0.660. The maximum absolute atomic E-state index is 5.13. The first-order valence-corrected chi connectivity index (χ1v) is 20.7. The topological polar surface area (TPSA) is 43.6 Å². The fourth-order valence-corrected chi connectivity index (χ4v) is 10.9. The zero-order valence-corrected chi connectivity index (χ0v) is 32.1. The summed E-state index contributed by atoms with van der Waals surface area (Å²) in [5.41, 5.74) is 9.00. The SMILES string of the molecule is c1ccc(-c2nc(-c3ccccc3)nc(-c3cccc4sc5ccc(-c6cccc7sc8c(-n9c%10ccccc%10c%10ccccc%109)cccc8c67)cc5c34)n2)cc1. The Hall–Kier alpha value is -6.99. The van der Waals surface area contributed by atoms with Crippen molar-refractivity contribution in [2.24, 2.45) is 0 Å². The van der Waals surface area contributed by atoms with Gasteiger partial charge in [-0.05, 0) is 53.6 Å². The van der Waals surface area contributed by atoms with Gasteiger partial charge in [-0.25, -0.2) is 15.0 Å². The highest BCUT2D eigenvalue weighted by atomic mass is 32.1. The van der Waals surface area contributed by atoms with Gasteiger partial charge in [0.15, 0.2) is 17.5 Å². The van der Waals surface area contributed by atoms with Crippen LogP contribution >= 0.6 is 22.7 Å². The van der Waals surface area contributed by atoms with Crippen LogP contribution in [0.3, 0.4) is 0 Å². The Morgan fingerprint density at radius 3 is 1.58 bits per heavy atom. The van der Waals surface area contributed by atoms with Gasteiger partial charge in [0.2, 0.25) is 0 Å². The van der Waals surface area contributed by atoms with Gasteiger partial charge in [0.1, 0.15) is 0 Å². The molecule has 0 radical (unpaired) electrons. The molecule has 0 N–H and O–H groups in total. The average Bonchev–Trinajstić information content (AvgIpc) is 3.96. The Balaban J connectivity index is 1.06. The Bertz CT molecular complexity index is 3410. The third kappa shape index (κ3) is 5.08. The zero-order chi connectivity index (χ0) is 37.5. The molecule has 0 saturated carbocycles. The molecule has 0 bridgehead atoms. The van der Waals surface area contributed by atoms with Crippen LogP contribution in [0.5, 0.6) is 0 Å². The van der Waals surface area contributed by atoms with E-state index in [2.05, 4.69) is 150 Å². The molecule has 8 aromatic carbocycles. The van der Waals surface area contributed by atoms with Gasteiger partial charge in [0, 0.05) is 63.1 Å². The number of thiophene rings is 2. The quantitative estimate of drug-likeness (QED) is 0.175.